The Labute approximate surface area is 146 Å². The van der Waals surface area contributed by atoms with Gasteiger partial charge in [-0.2, -0.15) is 0 Å². The molecule has 3 nitrogen and oxygen atoms in total. The van der Waals surface area contributed by atoms with E-state index < -0.39 is 0 Å². The van der Waals surface area contributed by atoms with E-state index in [0.717, 1.165) is 18.3 Å². The molecule has 1 aromatic rings. The van der Waals surface area contributed by atoms with Crippen molar-refractivity contribution in [1.29, 1.82) is 0 Å². The number of benzene rings is 1. The van der Waals surface area contributed by atoms with E-state index in [4.69, 9.17) is 4.74 Å². The summed E-state index contributed by atoms with van der Waals surface area (Å²) in [6.07, 6.45) is 11.1. The lowest BCUT2D eigenvalue weighted by atomic mass is 9.83. The Morgan fingerprint density at radius 3 is 2.58 bits per heavy atom. The van der Waals surface area contributed by atoms with E-state index in [-0.39, 0.29) is 0 Å². The van der Waals surface area contributed by atoms with Crippen molar-refractivity contribution in [2.45, 2.75) is 82.5 Å². The fourth-order valence-corrected chi connectivity index (χ4v) is 5.15. The molecule has 3 heteroatoms. The van der Waals surface area contributed by atoms with Crippen LogP contribution in [0.25, 0.3) is 0 Å². The van der Waals surface area contributed by atoms with Gasteiger partial charge >= 0.3 is 0 Å². The van der Waals surface area contributed by atoms with E-state index in [1.807, 2.05) is 0 Å². The van der Waals surface area contributed by atoms with Crippen molar-refractivity contribution in [3.8, 4) is 5.75 Å². The van der Waals surface area contributed by atoms with Gasteiger partial charge in [0.1, 0.15) is 11.9 Å². The van der Waals surface area contributed by atoms with Crippen molar-refractivity contribution in [3.63, 3.8) is 0 Å². The lowest BCUT2D eigenvalue weighted by Gasteiger charge is -2.50. The number of piperazine rings is 1. The maximum atomic E-state index is 6.57. The number of aryl methyl sites for hydroxylation is 1. The maximum Gasteiger partial charge on any atom is 0.122 e. The molecule has 4 atom stereocenters. The van der Waals surface area contributed by atoms with Gasteiger partial charge in [0, 0.05) is 31.2 Å². The first-order valence-electron chi connectivity index (χ1n) is 10.0. The molecule has 1 saturated heterocycles. The van der Waals surface area contributed by atoms with Gasteiger partial charge in [-0.3, -0.25) is 4.90 Å². The quantitative estimate of drug-likeness (QED) is 0.911. The van der Waals surface area contributed by atoms with Crippen LogP contribution in [0, 0.1) is 6.92 Å². The second-order valence-corrected chi connectivity index (χ2v) is 7.92. The summed E-state index contributed by atoms with van der Waals surface area (Å²) in [7, 11) is 0. The molecular formula is C21H32N2O. The first-order chi connectivity index (χ1) is 11.8. The number of hydrogen-bond donors (Lipinski definition) is 1. The molecule has 1 aromatic carbocycles. The molecule has 0 radical (unpaired) electrons. The molecule has 1 heterocycles. The van der Waals surface area contributed by atoms with Crippen molar-refractivity contribution in [2.75, 3.05) is 13.1 Å². The number of hydrogen-bond acceptors (Lipinski definition) is 3. The zero-order valence-electron chi connectivity index (χ0n) is 15.0. The van der Waals surface area contributed by atoms with E-state index in [2.05, 4.69) is 41.4 Å². The van der Waals surface area contributed by atoms with Crippen LogP contribution in [-0.4, -0.2) is 42.2 Å². The molecule has 0 bridgehead atoms. The Morgan fingerprint density at radius 2 is 1.71 bits per heavy atom. The largest absolute Gasteiger partial charge is 0.489 e. The Morgan fingerprint density at radius 1 is 0.958 bits per heavy atom. The van der Waals surface area contributed by atoms with Gasteiger partial charge in [0.05, 0.1) is 0 Å². The number of rotatable bonds is 3. The van der Waals surface area contributed by atoms with Crippen molar-refractivity contribution in [1.82, 2.24) is 10.2 Å². The molecule has 24 heavy (non-hydrogen) atoms. The Bertz CT molecular complexity index is 544. The highest BCUT2D eigenvalue weighted by molar-refractivity contribution is 5.32. The summed E-state index contributed by atoms with van der Waals surface area (Å²) >= 11 is 0. The highest BCUT2D eigenvalue weighted by Crippen LogP contribution is 2.34. The van der Waals surface area contributed by atoms with Crippen LogP contribution < -0.4 is 10.1 Å². The van der Waals surface area contributed by atoms with Gasteiger partial charge in [-0.05, 0) is 50.7 Å². The molecule has 3 aliphatic rings. The van der Waals surface area contributed by atoms with Crippen LogP contribution in [0.4, 0.5) is 0 Å². The van der Waals surface area contributed by atoms with E-state index in [0.29, 0.717) is 18.2 Å². The third-order valence-electron chi connectivity index (χ3n) is 6.40. The molecule has 0 amide bonds. The lowest BCUT2D eigenvalue weighted by Crippen LogP contribution is -2.64. The summed E-state index contributed by atoms with van der Waals surface area (Å²) in [6.45, 7) is 4.50. The van der Waals surface area contributed by atoms with Gasteiger partial charge in [0.25, 0.3) is 0 Å². The van der Waals surface area contributed by atoms with Gasteiger partial charge in [-0.25, -0.2) is 0 Å². The van der Waals surface area contributed by atoms with Gasteiger partial charge < -0.3 is 10.1 Å². The minimum absolute atomic E-state index is 0.362. The SMILES string of the molecule is Cc1ccccc1O[C@@H]1CCCC[C@@H]1N1CCN[C@H]2CCCC[C@H]21. The number of nitrogens with zero attached hydrogens (tertiary/aromatic N) is 1. The predicted molar refractivity (Wildman–Crippen MR) is 98.6 cm³/mol. The average Bonchev–Trinajstić information content (AvgIpc) is 2.64. The molecule has 2 aliphatic carbocycles. The minimum atomic E-state index is 0.362. The smallest absolute Gasteiger partial charge is 0.122 e. The summed E-state index contributed by atoms with van der Waals surface area (Å²) in [5.41, 5.74) is 1.26. The van der Waals surface area contributed by atoms with Gasteiger partial charge in [0.2, 0.25) is 0 Å². The van der Waals surface area contributed by atoms with Crippen molar-refractivity contribution in [2.24, 2.45) is 0 Å². The van der Waals surface area contributed by atoms with Gasteiger partial charge in [-0.1, -0.05) is 37.5 Å². The lowest BCUT2D eigenvalue weighted by molar-refractivity contribution is -0.0218. The Balaban J connectivity index is 1.52. The summed E-state index contributed by atoms with van der Waals surface area (Å²) in [6, 6.07) is 10.6. The summed E-state index contributed by atoms with van der Waals surface area (Å²) < 4.78 is 6.57. The second kappa shape index (κ2) is 7.45. The Kier molecular flexibility index (Phi) is 5.09. The van der Waals surface area contributed by atoms with E-state index in [1.165, 1.54) is 63.5 Å². The van der Waals surface area contributed by atoms with Crippen molar-refractivity contribution < 1.29 is 4.74 Å². The predicted octanol–water partition coefficient (Wildman–Crippen LogP) is 3.90. The van der Waals surface area contributed by atoms with E-state index in [1.54, 1.807) is 0 Å². The number of nitrogens with one attached hydrogen (secondary N) is 1. The highest BCUT2D eigenvalue weighted by Gasteiger charge is 2.40. The molecule has 132 valence electrons. The number of para-hydroxylation sites is 1. The van der Waals surface area contributed by atoms with Crippen LogP contribution in [0.1, 0.15) is 56.9 Å². The fourth-order valence-electron chi connectivity index (χ4n) is 5.15. The van der Waals surface area contributed by atoms with Crippen LogP contribution in [-0.2, 0) is 0 Å². The summed E-state index contributed by atoms with van der Waals surface area (Å²) in [5.74, 6) is 1.09. The molecule has 1 N–H and O–H groups in total. The molecular weight excluding hydrogens is 296 g/mol. The molecule has 1 aliphatic heterocycles. The van der Waals surface area contributed by atoms with Gasteiger partial charge in [0.15, 0.2) is 0 Å². The summed E-state index contributed by atoms with van der Waals surface area (Å²) in [4.78, 5) is 2.84. The zero-order valence-corrected chi connectivity index (χ0v) is 15.0. The van der Waals surface area contributed by atoms with Crippen LogP contribution >= 0.6 is 0 Å². The fraction of sp³-hybridized carbons (Fsp3) is 0.714. The first-order valence-corrected chi connectivity index (χ1v) is 10.0. The molecule has 0 spiro atoms. The second-order valence-electron chi connectivity index (χ2n) is 7.92. The number of ether oxygens (including phenoxy) is 1. The standard InChI is InChI=1S/C21H32N2O/c1-16-8-2-6-12-20(16)24-21-13-7-5-11-19(21)23-15-14-22-17-9-3-4-10-18(17)23/h2,6,8,12,17-19,21-22H,3-5,7,9-11,13-15H2,1H3/t17-,18+,19-,21+/m0/s1. The monoisotopic (exact) mass is 328 g/mol. The highest BCUT2D eigenvalue weighted by atomic mass is 16.5. The third-order valence-corrected chi connectivity index (χ3v) is 6.40. The molecule has 2 saturated carbocycles. The summed E-state index contributed by atoms with van der Waals surface area (Å²) in [5, 5.41) is 3.78. The Hall–Kier alpha value is -1.06. The van der Waals surface area contributed by atoms with Crippen molar-refractivity contribution >= 4 is 0 Å². The van der Waals surface area contributed by atoms with Crippen LogP contribution in [0.3, 0.4) is 0 Å². The van der Waals surface area contributed by atoms with Crippen molar-refractivity contribution in [3.05, 3.63) is 29.8 Å². The molecule has 3 fully saturated rings. The molecule has 0 unspecified atom stereocenters. The van der Waals surface area contributed by atoms with E-state index >= 15 is 0 Å². The van der Waals surface area contributed by atoms with Crippen LogP contribution in [0.2, 0.25) is 0 Å². The third kappa shape index (κ3) is 3.34. The maximum absolute atomic E-state index is 6.57. The van der Waals surface area contributed by atoms with Crippen LogP contribution in [0.15, 0.2) is 24.3 Å². The average molecular weight is 329 g/mol. The topological polar surface area (TPSA) is 24.5 Å². The number of fused-ring (bicyclic) bond motifs is 1. The molecule has 4 rings (SSSR count). The van der Waals surface area contributed by atoms with Gasteiger partial charge in [-0.15, -0.1) is 0 Å². The van der Waals surface area contributed by atoms with E-state index in [9.17, 15) is 0 Å². The molecule has 0 aromatic heterocycles. The van der Waals surface area contributed by atoms with Crippen LogP contribution in [0.5, 0.6) is 5.75 Å². The normalized spacial score (nSPS) is 34.5. The minimum Gasteiger partial charge on any atom is -0.489 e. The first kappa shape index (κ1) is 16.4. The zero-order chi connectivity index (χ0) is 16.4.